The smallest absolute Gasteiger partial charge is 0.239 e. The van der Waals surface area contributed by atoms with Gasteiger partial charge in [0.05, 0.1) is 12.7 Å². The second kappa shape index (κ2) is 6.73. The van der Waals surface area contributed by atoms with E-state index >= 15 is 0 Å². The molecule has 2 rings (SSSR count). The maximum Gasteiger partial charge on any atom is 0.239 e. The summed E-state index contributed by atoms with van der Waals surface area (Å²) in [6.45, 7) is 6.47. The Balaban J connectivity index is 0.00000162. The molecule has 2 N–H and O–H groups in total. The standard InChI is InChI=1S/C13H24N2O2.ClH/c1-3-4-13(5-6-13)9-15-12(16)11-10(2)17-8-7-14-11;/h10-11,14H,3-9H2,1-2H3,(H,15,16);1H/t10-,11+;/m1./s1. The summed E-state index contributed by atoms with van der Waals surface area (Å²) in [5, 5.41) is 6.31. The number of nitrogens with one attached hydrogen (secondary N) is 2. The zero-order valence-electron chi connectivity index (χ0n) is 11.3. The van der Waals surface area contributed by atoms with Gasteiger partial charge in [-0.1, -0.05) is 13.3 Å². The maximum atomic E-state index is 12.0. The van der Waals surface area contributed by atoms with Crippen LogP contribution in [0, 0.1) is 5.41 Å². The zero-order chi connectivity index (χ0) is 12.3. The number of morpholine rings is 1. The number of halogens is 1. The van der Waals surface area contributed by atoms with Crippen LogP contribution in [0.5, 0.6) is 0 Å². The van der Waals surface area contributed by atoms with Crippen molar-refractivity contribution in [1.82, 2.24) is 10.6 Å². The molecule has 1 aliphatic carbocycles. The van der Waals surface area contributed by atoms with Gasteiger partial charge in [0.1, 0.15) is 6.04 Å². The number of ether oxygens (including phenoxy) is 1. The van der Waals surface area contributed by atoms with Crippen molar-refractivity contribution >= 4 is 18.3 Å². The van der Waals surface area contributed by atoms with Crippen LogP contribution < -0.4 is 10.6 Å². The molecule has 0 aromatic heterocycles. The van der Waals surface area contributed by atoms with Gasteiger partial charge in [-0.15, -0.1) is 12.4 Å². The number of amides is 1. The Bertz CT molecular complexity index is 282. The molecule has 1 amide bonds. The van der Waals surface area contributed by atoms with E-state index in [0.29, 0.717) is 12.0 Å². The van der Waals surface area contributed by atoms with E-state index < -0.39 is 0 Å². The SMILES string of the molecule is CCCC1(CNC(=O)[C@H]2NCCO[C@@H]2C)CC1.Cl. The molecule has 2 fully saturated rings. The molecule has 0 bridgehead atoms. The van der Waals surface area contributed by atoms with Gasteiger partial charge in [0.25, 0.3) is 0 Å². The van der Waals surface area contributed by atoms with Crippen molar-refractivity contribution in [3.8, 4) is 0 Å². The van der Waals surface area contributed by atoms with E-state index in [1.54, 1.807) is 0 Å². The number of rotatable bonds is 5. The number of hydrogen-bond acceptors (Lipinski definition) is 3. The van der Waals surface area contributed by atoms with Crippen LogP contribution in [-0.2, 0) is 9.53 Å². The Morgan fingerprint density at radius 2 is 2.22 bits per heavy atom. The van der Waals surface area contributed by atoms with E-state index in [2.05, 4.69) is 17.6 Å². The van der Waals surface area contributed by atoms with Crippen LogP contribution in [0.1, 0.15) is 39.5 Å². The maximum absolute atomic E-state index is 12.0. The van der Waals surface area contributed by atoms with Gasteiger partial charge in [-0.05, 0) is 31.6 Å². The summed E-state index contributed by atoms with van der Waals surface area (Å²) in [6, 6.07) is -0.179. The molecule has 2 atom stereocenters. The number of hydrogen-bond donors (Lipinski definition) is 2. The Hall–Kier alpha value is -0.320. The average molecular weight is 277 g/mol. The summed E-state index contributed by atoms with van der Waals surface area (Å²) < 4.78 is 5.48. The topological polar surface area (TPSA) is 50.4 Å². The van der Waals surface area contributed by atoms with Gasteiger partial charge in [0.15, 0.2) is 0 Å². The minimum atomic E-state index is -0.179. The fourth-order valence-electron chi connectivity index (χ4n) is 2.63. The highest BCUT2D eigenvalue weighted by Gasteiger charge is 2.42. The van der Waals surface area contributed by atoms with Gasteiger partial charge >= 0.3 is 0 Å². The molecule has 0 unspecified atom stereocenters. The third kappa shape index (κ3) is 3.84. The van der Waals surface area contributed by atoms with Crippen molar-refractivity contribution < 1.29 is 9.53 Å². The first kappa shape index (κ1) is 15.7. The molecule has 106 valence electrons. The molecule has 0 aromatic rings. The largest absolute Gasteiger partial charge is 0.375 e. The minimum absolute atomic E-state index is 0. The summed E-state index contributed by atoms with van der Waals surface area (Å²) in [4.78, 5) is 12.0. The van der Waals surface area contributed by atoms with Crippen LogP contribution >= 0.6 is 12.4 Å². The lowest BCUT2D eigenvalue weighted by atomic mass is 10.0. The molecule has 5 heteroatoms. The normalized spacial score (nSPS) is 29.2. The Kier molecular flexibility index (Phi) is 5.89. The van der Waals surface area contributed by atoms with Crippen molar-refractivity contribution in [2.24, 2.45) is 5.41 Å². The molecule has 0 aromatic carbocycles. The summed E-state index contributed by atoms with van der Waals surface area (Å²) in [7, 11) is 0. The van der Waals surface area contributed by atoms with E-state index in [-0.39, 0.29) is 30.5 Å². The Labute approximate surface area is 116 Å². The molecule has 2 aliphatic rings. The number of carbonyl (C=O) groups excluding carboxylic acids is 1. The van der Waals surface area contributed by atoms with Crippen molar-refractivity contribution in [2.75, 3.05) is 19.7 Å². The monoisotopic (exact) mass is 276 g/mol. The molecule has 1 saturated carbocycles. The lowest BCUT2D eigenvalue weighted by Crippen LogP contribution is -2.56. The molecule has 1 aliphatic heterocycles. The van der Waals surface area contributed by atoms with E-state index in [1.807, 2.05) is 6.92 Å². The molecule has 18 heavy (non-hydrogen) atoms. The first-order chi connectivity index (χ1) is 8.17. The second-order valence-corrected chi connectivity index (χ2v) is 5.48. The van der Waals surface area contributed by atoms with Gasteiger partial charge in [-0.25, -0.2) is 0 Å². The summed E-state index contributed by atoms with van der Waals surface area (Å²) in [5.41, 5.74) is 0.420. The highest BCUT2D eigenvalue weighted by molar-refractivity contribution is 5.85. The van der Waals surface area contributed by atoms with Gasteiger partial charge < -0.3 is 15.4 Å². The summed E-state index contributed by atoms with van der Waals surface area (Å²) in [6.07, 6.45) is 4.95. The first-order valence-electron chi connectivity index (χ1n) is 6.79. The highest BCUT2D eigenvalue weighted by Crippen LogP contribution is 2.48. The predicted molar refractivity (Wildman–Crippen MR) is 74.0 cm³/mol. The number of carbonyl (C=O) groups is 1. The average Bonchev–Trinajstić information content (AvgIpc) is 3.08. The lowest BCUT2D eigenvalue weighted by molar-refractivity contribution is -0.129. The van der Waals surface area contributed by atoms with Gasteiger partial charge in [0.2, 0.25) is 5.91 Å². The Morgan fingerprint density at radius 1 is 1.50 bits per heavy atom. The van der Waals surface area contributed by atoms with Gasteiger partial charge in [0, 0.05) is 13.1 Å². The van der Waals surface area contributed by atoms with Crippen LogP contribution in [0.2, 0.25) is 0 Å². The van der Waals surface area contributed by atoms with Crippen molar-refractivity contribution in [3.63, 3.8) is 0 Å². The van der Waals surface area contributed by atoms with Crippen molar-refractivity contribution in [2.45, 2.75) is 51.7 Å². The molecule has 4 nitrogen and oxygen atoms in total. The lowest BCUT2D eigenvalue weighted by Gasteiger charge is -2.29. The molecule has 0 radical (unpaired) electrons. The molecular weight excluding hydrogens is 252 g/mol. The second-order valence-electron chi connectivity index (χ2n) is 5.48. The van der Waals surface area contributed by atoms with E-state index in [0.717, 1.165) is 13.1 Å². The predicted octanol–water partition coefficient (Wildman–Crippen LogP) is 1.48. The van der Waals surface area contributed by atoms with E-state index in [1.165, 1.54) is 25.7 Å². The molecule has 1 saturated heterocycles. The van der Waals surface area contributed by atoms with E-state index in [9.17, 15) is 4.79 Å². The van der Waals surface area contributed by atoms with E-state index in [4.69, 9.17) is 4.74 Å². The highest BCUT2D eigenvalue weighted by atomic mass is 35.5. The first-order valence-corrected chi connectivity index (χ1v) is 6.79. The Morgan fingerprint density at radius 3 is 2.78 bits per heavy atom. The van der Waals surface area contributed by atoms with Crippen LogP contribution in [0.4, 0.5) is 0 Å². The van der Waals surface area contributed by atoms with Crippen molar-refractivity contribution in [1.29, 1.82) is 0 Å². The fraction of sp³-hybridized carbons (Fsp3) is 0.923. The quantitative estimate of drug-likeness (QED) is 0.800. The molecule has 1 heterocycles. The third-order valence-electron chi connectivity index (χ3n) is 3.97. The summed E-state index contributed by atoms with van der Waals surface area (Å²) >= 11 is 0. The van der Waals surface area contributed by atoms with Crippen LogP contribution in [0.25, 0.3) is 0 Å². The van der Waals surface area contributed by atoms with Crippen molar-refractivity contribution in [3.05, 3.63) is 0 Å². The van der Waals surface area contributed by atoms with Crippen LogP contribution in [-0.4, -0.2) is 37.7 Å². The zero-order valence-corrected chi connectivity index (χ0v) is 12.1. The molecule has 0 spiro atoms. The van der Waals surface area contributed by atoms with Gasteiger partial charge in [-0.3, -0.25) is 4.79 Å². The molecular formula is C13H25ClN2O2. The van der Waals surface area contributed by atoms with Crippen LogP contribution in [0.3, 0.4) is 0 Å². The summed E-state index contributed by atoms with van der Waals surface area (Å²) in [5.74, 6) is 0.0968. The minimum Gasteiger partial charge on any atom is -0.375 e. The fourth-order valence-corrected chi connectivity index (χ4v) is 2.63. The van der Waals surface area contributed by atoms with Gasteiger partial charge in [-0.2, -0.15) is 0 Å². The third-order valence-corrected chi connectivity index (χ3v) is 3.97. The van der Waals surface area contributed by atoms with Crippen LogP contribution in [0.15, 0.2) is 0 Å².